The summed E-state index contributed by atoms with van der Waals surface area (Å²) in [6.07, 6.45) is 3.54. The second kappa shape index (κ2) is 9.04. The predicted molar refractivity (Wildman–Crippen MR) is 93.3 cm³/mol. The lowest BCUT2D eigenvalue weighted by Gasteiger charge is -2.27. The number of carboxylic acids is 1. The first-order valence-electron chi connectivity index (χ1n) is 8.88. The molecule has 0 radical (unpaired) electrons. The van der Waals surface area contributed by atoms with Crippen molar-refractivity contribution < 1.29 is 9.90 Å². The second-order valence-corrected chi connectivity index (χ2v) is 6.55. The molecular weight excluding hydrogens is 288 g/mol. The maximum atomic E-state index is 11.0. The van der Waals surface area contributed by atoms with Crippen molar-refractivity contribution in [3.05, 3.63) is 35.4 Å². The first-order chi connectivity index (χ1) is 11.1. The van der Waals surface area contributed by atoms with E-state index in [4.69, 9.17) is 5.11 Å². The average molecular weight is 318 g/mol. The van der Waals surface area contributed by atoms with Crippen LogP contribution in [0.4, 0.5) is 0 Å². The largest absolute Gasteiger partial charge is 0.481 e. The molecule has 2 rings (SSSR count). The molecule has 0 amide bonds. The maximum absolute atomic E-state index is 11.0. The van der Waals surface area contributed by atoms with Crippen LogP contribution in [-0.2, 0) is 17.9 Å². The van der Waals surface area contributed by atoms with Gasteiger partial charge >= 0.3 is 5.97 Å². The van der Waals surface area contributed by atoms with Gasteiger partial charge in [0, 0.05) is 19.1 Å². The molecule has 1 aliphatic rings. The number of hydrogen-bond acceptors (Lipinski definition) is 3. The van der Waals surface area contributed by atoms with Crippen LogP contribution in [0.2, 0.25) is 0 Å². The van der Waals surface area contributed by atoms with Crippen LogP contribution in [0.1, 0.15) is 50.7 Å². The molecule has 0 atom stereocenters. The topological polar surface area (TPSA) is 52.6 Å². The van der Waals surface area contributed by atoms with E-state index in [9.17, 15) is 4.79 Å². The minimum Gasteiger partial charge on any atom is -0.481 e. The minimum absolute atomic E-state index is 0.134. The Hall–Kier alpha value is -1.39. The van der Waals surface area contributed by atoms with Crippen molar-refractivity contribution in [2.24, 2.45) is 5.92 Å². The lowest BCUT2D eigenvalue weighted by molar-refractivity contribution is -0.142. The average Bonchev–Trinajstić information content (AvgIpc) is 2.58. The van der Waals surface area contributed by atoms with Gasteiger partial charge in [-0.3, -0.25) is 9.69 Å². The van der Waals surface area contributed by atoms with E-state index in [0.29, 0.717) is 6.04 Å². The van der Waals surface area contributed by atoms with Crippen molar-refractivity contribution in [2.75, 3.05) is 13.1 Å². The molecule has 4 nitrogen and oxygen atoms in total. The van der Waals surface area contributed by atoms with E-state index in [1.165, 1.54) is 11.1 Å². The molecule has 0 unspecified atom stereocenters. The van der Waals surface area contributed by atoms with Gasteiger partial charge in [-0.15, -0.1) is 0 Å². The Kier molecular flexibility index (Phi) is 7.06. The summed E-state index contributed by atoms with van der Waals surface area (Å²) in [6.45, 7) is 8.42. The van der Waals surface area contributed by atoms with Gasteiger partial charge in [-0.2, -0.15) is 0 Å². The number of benzene rings is 1. The molecule has 23 heavy (non-hydrogen) atoms. The Morgan fingerprint density at radius 1 is 1.17 bits per heavy atom. The van der Waals surface area contributed by atoms with Crippen molar-refractivity contribution >= 4 is 5.97 Å². The number of nitrogens with one attached hydrogen (secondary N) is 1. The Bertz CT molecular complexity index is 492. The Balaban J connectivity index is 1.81. The molecule has 128 valence electrons. The van der Waals surface area contributed by atoms with E-state index >= 15 is 0 Å². The summed E-state index contributed by atoms with van der Waals surface area (Å²) in [4.78, 5) is 13.4. The van der Waals surface area contributed by atoms with Crippen molar-refractivity contribution in [3.63, 3.8) is 0 Å². The third-order valence-electron chi connectivity index (χ3n) is 4.96. The zero-order valence-corrected chi connectivity index (χ0v) is 14.4. The van der Waals surface area contributed by atoms with E-state index in [1.54, 1.807) is 0 Å². The van der Waals surface area contributed by atoms with Gasteiger partial charge in [0.1, 0.15) is 0 Å². The van der Waals surface area contributed by atoms with Gasteiger partial charge in [0.05, 0.1) is 5.92 Å². The Morgan fingerprint density at radius 3 is 2.43 bits per heavy atom. The number of carbonyl (C=O) groups is 1. The number of carboxylic acid groups (broad SMARTS) is 1. The van der Waals surface area contributed by atoms with Gasteiger partial charge in [-0.25, -0.2) is 0 Å². The normalized spacial score (nSPS) is 21.5. The van der Waals surface area contributed by atoms with Gasteiger partial charge < -0.3 is 10.4 Å². The van der Waals surface area contributed by atoms with E-state index in [-0.39, 0.29) is 5.92 Å². The van der Waals surface area contributed by atoms with Gasteiger partial charge in [-0.05, 0) is 49.9 Å². The fourth-order valence-electron chi connectivity index (χ4n) is 3.35. The van der Waals surface area contributed by atoms with Crippen molar-refractivity contribution in [2.45, 2.75) is 58.7 Å². The fraction of sp³-hybridized carbons (Fsp3) is 0.632. The monoisotopic (exact) mass is 318 g/mol. The van der Waals surface area contributed by atoms with E-state index in [0.717, 1.165) is 51.9 Å². The summed E-state index contributed by atoms with van der Waals surface area (Å²) < 4.78 is 0. The van der Waals surface area contributed by atoms with E-state index in [2.05, 4.69) is 48.3 Å². The quantitative estimate of drug-likeness (QED) is 0.772. The number of nitrogens with zero attached hydrogens (tertiary/aromatic N) is 1. The molecule has 4 heteroatoms. The van der Waals surface area contributed by atoms with Crippen LogP contribution < -0.4 is 5.32 Å². The van der Waals surface area contributed by atoms with E-state index < -0.39 is 5.97 Å². The second-order valence-electron chi connectivity index (χ2n) is 6.55. The van der Waals surface area contributed by atoms with Crippen LogP contribution in [0.25, 0.3) is 0 Å². The highest BCUT2D eigenvalue weighted by atomic mass is 16.4. The molecule has 0 bridgehead atoms. The predicted octanol–water partition coefficient (Wildman–Crippen LogP) is 3.26. The zero-order valence-electron chi connectivity index (χ0n) is 14.4. The molecule has 1 saturated carbocycles. The van der Waals surface area contributed by atoms with Crippen molar-refractivity contribution in [1.29, 1.82) is 0 Å². The van der Waals surface area contributed by atoms with Crippen LogP contribution in [-0.4, -0.2) is 35.1 Å². The fourth-order valence-corrected chi connectivity index (χ4v) is 3.35. The van der Waals surface area contributed by atoms with Crippen LogP contribution in [0.15, 0.2) is 24.3 Å². The lowest BCUT2D eigenvalue weighted by Crippen LogP contribution is -2.34. The summed E-state index contributed by atoms with van der Waals surface area (Å²) in [5.41, 5.74) is 2.68. The third kappa shape index (κ3) is 5.63. The summed E-state index contributed by atoms with van der Waals surface area (Å²) in [6, 6.07) is 9.24. The number of aliphatic carboxylic acids is 1. The van der Waals surface area contributed by atoms with Crippen LogP contribution in [0.5, 0.6) is 0 Å². The molecule has 1 fully saturated rings. The standard InChI is InChI=1S/C19H30N2O2/c1-3-21(4-2)14-16-7-5-6-15(12-16)13-20-18-10-8-17(9-11-18)19(22)23/h5-7,12,17-18,20H,3-4,8-11,13-14H2,1-2H3,(H,22,23). The number of rotatable bonds is 8. The first kappa shape index (κ1) is 18.0. The molecule has 0 spiro atoms. The van der Waals surface area contributed by atoms with E-state index in [1.807, 2.05) is 0 Å². The molecule has 0 aromatic heterocycles. The molecular formula is C19H30N2O2. The highest BCUT2D eigenvalue weighted by Crippen LogP contribution is 2.24. The molecule has 1 aliphatic carbocycles. The summed E-state index contributed by atoms with van der Waals surface area (Å²) >= 11 is 0. The highest BCUT2D eigenvalue weighted by molar-refractivity contribution is 5.70. The van der Waals surface area contributed by atoms with Crippen molar-refractivity contribution in [1.82, 2.24) is 10.2 Å². The molecule has 0 saturated heterocycles. The van der Waals surface area contributed by atoms with Gasteiger partial charge in [-0.1, -0.05) is 38.1 Å². The summed E-state index contributed by atoms with van der Waals surface area (Å²) in [7, 11) is 0. The maximum Gasteiger partial charge on any atom is 0.306 e. The third-order valence-corrected chi connectivity index (χ3v) is 4.96. The number of hydrogen-bond donors (Lipinski definition) is 2. The molecule has 2 N–H and O–H groups in total. The smallest absolute Gasteiger partial charge is 0.306 e. The van der Waals surface area contributed by atoms with Crippen LogP contribution in [0.3, 0.4) is 0 Å². The van der Waals surface area contributed by atoms with Gasteiger partial charge in [0.25, 0.3) is 0 Å². The summed E-state index contributed by atoms with van der Waals surface area (Å²) in [5, 5.41) is 12.7. The molecule has 0 aliphatic heterocycles. The zero-order chi connectivity index (χ0) is 16.7. The van der Waals surface area contributed by atoms with Gasteiger partial charge in [0.15, 0.2) is 0 Å². The van der Waals surface area contributed by atoms with Gasteiger partial charge in [0.2, 0.25) is 0 Å². The SMILES string of the molecule is CCN(CC)Cc1cccc(CNC2CCC(C(=O)O)CC2)c1. The summed E-state index contributed by atoms with van der Waals surface area (Å²) in [5.74, 6) is -0.766. The van der Waals surface area contributed by atoms with Crippen LogP contribution >= 0.6 is 0 Å². The minimum atomic E-state index is -0.632. The van der Waals surface area contributed by atoms with Crippen LogP contribution in [0, 0.1) is 5.92 Å². The Labute approximate surface area is 139 Å². The Morgan fingerprint density at radius 2 is 1.83 bits per heavy atom. The first-order valence-corrected chi connectivity index (χ1v) is 8.88. The molecule has 1 aromatic carbocycles. The molecule has 0 heterocycles. The van der Waals surface area contributed by atoms with Crippen molar-refractivity contribution in [3.8, 4) is 0 Å². The lowest BCUT2D eigenvalue weighted by atomic mass is 9.86. The highest BCUT2D eigenvalue weighted by Gasteiger charge is 2.25. The molecule has 1 aromatic rings.